The van der Waals surface area contributed by atoms with E-state index in [1.54, 1.807) is 0 Å². The van der Waals surface area contributed by atoms with E-state index in [0.29, 0.717) is 12.5 Å². The van der Waals surface area contributed by atoms with Gasteiger partial charge in [-0.05, 0) is 31.8 Å². The highest BCUT2D eigenvalue weighted by atomic mass is 35.5. The molecule has 0 saturated carbocycles. The van der Waals surface area contributed by atoms with Gasteiger partial charge in [-0.3, -0.25) is 0 Å². The number of hydrogen-bond acceptors (Lipinski definition) is 4. The van der Waals surface area contributed by atoms with Crippen LogP contribution in [0.3, 0.4) is 0 Å². The second-order valence-electron chi connectivity index (χ2n) is 3.87. The molecule has 16 heavy (non-hydrogen) atoms. The fraction of sp³-hybridized carbons (Fsp3) is 1.00. The van der Waals surface area contributed by atoms with Gasteiger partial charge in [0, 0.05) is 13.7 Å². The molecule has 5 nitrogen and oxygen atoms in total. The fourth-order valence-electron chi connectivity index (χ4n) is 1.61. The number of hydrogen-bond donors (Lipinski definition) is 2. The molecule has 0 aromatic heterocycles. The molecule has 1 atom stereocenters. The molecule has 98 valence electrons. The quantitative estimate of drug-likeness (QED) is 0.713. The SMILES string of the molecule is COCCS(=O)(=O)NCC1CCCNC1.Cl. The van der Waals surface area contributed by atoms with Crippen molar-refractivity contribution in [1.29, 1.82) is 0 Å². The molecule has 0 aromatic rings. The van der Waals surface area contributed by atoms with E-state index in [1.807, 2.05) is 0 Å². The Morgan fingerprint density at radius 2 is 2.25 bits per heavy atom. The summed E-state index contributed by atoms with van der Waals surface area (Å²) in [5.41, 5.74) is 0. The summed E-state index contributed by atoms with van der Waals surface area (Å²) in [6.45, 7) is 2.75. The summed E-state index contributed by atoms with van der Waals surface area (Å²) in [6.07, 6.45) is 2.23. The molecule has 0 spiro atoms. The first-order valence-corrected chi connectivity index (χ1v) is 6.96. The molecule has 2 N–H and O–H groups in total. The van der Waals surface area contributed by atoms with E-state index in [4.69, 9.17) is 4.74 Å². The number of halogens is 1. The van der Waals surface area contributed by atoms with Crippen molar-refractivity contribution >= 4 is 22.4 Å². The molecule has 0 radical (unpaired) electrons. The Labute approximate surface area is 104 Å². The van der Waals surface area contributed by atoms with Gasteiger partial charge in [-0.1, -0.05) is 0 Å². The third kappa shape index (κ3) is 6.65. The van der Waals surface area contributed by atoms with Crippen molar-refractivity contribution in [3.05, 3.63) is 0 Å². The third-order valence-corrected chi connectivity index (χ3v) is 3.86. The van der Waals surface area contributed by atoms with E-state index in [1.165, 1.54) is 7.11 Å². The zero-order valence-corrected chi connectivity index (χ0v) is 11.2. The van der Waals surface area contributed by atoms with Gasteiger partial charge in [-0.25, -0.2) is 13.1 Å². The zero-order chi connectivity index (χ0) is 11.1. The van der Waals surface area contributed by atoms with Gasteiger partial charge < -0.3 is 10.1 Å². The lowest BCUT2D eigenvalue weighted by atomic mass is 10.0. The van der Waals surface area contributed by atoms with Crippen molar-refractivity contribution in [1.82, 2.24) is 10.0 Å². The van der Waals surface area contributed by atoms with Gasteiger partial charge >= 0.3 is 0 Å². The van der Waals surface area contributed by atoms with Crippen LogP contribution in [0.1, 0.15) is 12.8 Å². The Balaban J connectivity index is 0.00000225. The molecule has 1 fully saturated rings. The van der Waals surface area contributed by atoms with E-state index in [0.717, 1.165) is 25.9 Å². The Morgan fingerprint density at radius 1 is 1.50 bits per heavy atom. The zero-order valence-electron chi connectivity index (χ0n) is 9.57. The predicted octanol–water partition coefficient (Wildman–Crippen LogP) is -0.0264. The summed E-state index contributed by atoms with van der Waals surface area (Å²) in [7, 11) is -1.65. The van der Waals surface area contributed by atoms with Gasteiger partial charge in [0.05, 0.1) is 12.4 Å². The molecular weight excluding hydrogens is 252 g/mol. The van der Waals surface area contributed by atoms with Gasteiger partial charge in [-0.15, -0.1) is 12.4 Å². The van der Waals surface area contributed by atoms with E-state index in [2.05, 4.69) is 10.0 Å². The lowest BCUT2D eigenvalue weighted by Crippen LogP contribution is -2.39. The minimum atomic E-state index is -3.15. The lowest BCUT2D eigenvalue weighted by Gasteiger charge is -2.22. The van der Waals surface area contributed by atoms with Crippen LogP contribution in [0.5, 0.6) is 0 Å². The van der Waals surface area contributed by atoms with Crippen LogP contribution < -0.4 is 10.0 Å². The number of nitrogens with one attached hydrogen (secondary N) is 2. The molecule has 1 aliphatic rings. The number of piperidine rings is 1. The smallest absolute Gasteiger partial charge is 0.213 e. The maximum atomic E-state index is 11.4. The fourth-order valence-corrected chi connectivity index (χ4v) is 2.63. The molecule has 0 aromatic carbocycles. The summed E-state index contributed by atoms with van der Waals surface area (Å²) in [5, 5.41) is 3.25. The minimum absolute atomic E-state index is 0. The molecule has 0 amide bonds. The molecule has 0 bridgehead atoms. The lowest BCUT2D eigenvalue weighted by molar-refractivity contribution is 0.216. The average molecular weight is 273 g/mol. The molecule has 0 aliphatic carbocycles. The van der Waals surface area contributed by atoms with Gasteiger partial charge in [0.15, 0.2) is 0 Å². The summed E-state index contributed by atoms with van der Waals surface area (Å²) >= 11 is 0. The minimum Gasteiger partial charge on any atom is -0.384 e. The van der Waals surface area contributed by atoms with Crippen molar-refractivity contribution in [3.63, 3.8) is 0 Å². The van der Waals surface area contributed by atoms with Crippen molar-refractivity contribution in [3.8, 4) is 0 Å². The maximum absolute atomic E-state index is 11.4. The Kier molecular flexibility index (Phi) is 8.31. The molecule has 1 aliphatic heterocycles. The standard InChI is InChI=1S/C9H20N2O3S.ClH/c1-14-5-6-15(12,13)11-8-9-3-2-4-10-7-9;/h9-11H,2-8H2,1H3;1H. The van der Waals surface area contributed by atoms with Crippen LogP contribution in [0.15, 0.2) is 0 Å². The van der Waals surface area contributed by atoms with E-state index < -0.39 is 10.0 Å². The van der Waals surface area contributed by atoms with E-state index in [-0.39, 0.29) is 24.8 Å². The van der Waals surface area contributed by atoms with Crippen LogP contribution in [0.25, 0.3) is 0 Å². The Bertz CT molecular complexity index is 266. The predicted molar refractivity (Wildman–Crippen MR) is 66.5 cm³/mol. The molecule has 7 heteroatoms. The van der Waals surface area contributed by atoms with Gasteiger partial charge in [-0.2, -0.15) is 0 Å². The van der Waals surface area contributed by atoms with Crippen LogP contribution in [0.2, 0.25) is 0 Å². The van der Waals surface area contributed by atoms with E-state index >= 15 is 0 Å². The first-order valence-electron chi connectivity index (χ1n) is 5.31. The number of sulfonamides is 1. The van der Waals surface area contributed by atoms with Crippen LogP contribution in [0, 0.1) is 5.92 Å². The number of rotatable bonds is 6. The third-order valence-electron chi connectivity index (χ3n) is 2.55. The summed E-state index contributed by atoms with van der Waals surface area (Å²) in [4.78, 5) is 0. The van der Waals surface area contributed by atoms with Gasteiger partial charge in [0.25, 0.3) is 0 Å². The summed E-state index contributed by atoms with van der Waals surface area (Å²) in [6, 6.07) is 0. The molecule has 1 heterocycles. The van der Waals surface area contributed by atoms with Crippen LogP contribution in [0.4, 0.5) is 0 Å². The van der Waals surface area contributed by atoms with Crippen LogP contribution in [-0.2, 0) is 14.8 Å². The highest BCUT2D eigenvalue weighted by Crippen LogP contribution is 2.08. The van der Waals surface area contributed by atoms with Crippen molar-refractivity contribution in [2.75, 3.05) is 39.1 Å². The largest absolute Gasteiger partial charge is 0.384 e. The molecular formula is C9H21ClN2O3S. The summed E-state index contributed by atoms with van der Waals surface area (Å²) < 4.78 is 30.2. The topological polar surface area (TPSA) is 67.4 Å². The number of ether oxygens (including phenoxy) is 1. The van der Waals surface area contributed by atoms with E-state index in [9.17, 15) is 8.42 Å². The normalized spacial score (nSPS) is 21.4. The highest BCUT2D eigenvalue weighted by molar-refractivity contribution is 7.89. The second-order valence-corrected chi connectivity index (χ2v) is 5.80. The molecule has 1 saturated heterocycles. The molecule has 1 rings (SSSR count). The average Bonchev–Trinajstić information content (AvgIpc) is 2.25. The summed E-state index contributed by atoms with van der Waals surface area (Å²) in [5.74, 6) is 0.472. The number of methoxy groups -OCH3 is 1. The van der Waals surface area contributed by atoms with Crippen molar-refractivity contribution < 1.29 is 13.2 Å². The van der Waals surface area contributed by atoms with Crippen LogP contribution in [-0.4, -0.2) is 47.5 Å². The highest BCUT2D eigenvalue weighted by Gasteiger charge is 2.16. The van der Waals surface area contributed by atoms with Crippen LogP contribution >= 0.6 is 12.4 Å². The monoisotopic (exact) mass is 272 g/mol. The van der Waals surface area contributed by atoms with Crippen molar-refractivity contribution in [2.24, 2.45) is 5.92 Å². The first-order chi connectivity index (χ1) is 7.14. The second kappa shape index (κ2) is 8.25. The Hall–Kier alpha value is 0.120. The van der Waals surface area contributed by atoms with Gasteiger partial charge in [0.1, 0.15) is 0 Å². The first kappa shape index (κ1) is 16.1. The Morgan fingerprint density at radius 3 is 2.81 bits per heavy atom. The van der Waals surface area contributed by atoms with Gasteiger partial charge in [0.2, 0.25) is 10.0 Å². The van der Waals surface area contributed by atoms with Crippen molar-refractivity contribution in [2.45, 2.75) is 12.8 Å². The maximum Gasteiger partial charge on any atom is 0.213 e. The molecule has 1 unspecified atom stereocenters.